The molecule has 2 heterocycles. The van der Waals surface area contributed by atoms with Crippen molar-refractivity contribution < 1.29 is 28.6 Å². The van der Waals surface area contributed by atoms with Gasteiger partial charge >= 0.3 is 0 Å². The molecule has 2 aliphatic heterocycles. The minimum Gasteiger partial charge on any atom is -0.388 e. The van der Waals surface area contributed by atoms with Crippen LogP contribution in [0.5, 0.6) is 0 Å². The van der Waals surface area contributed by atoms with Gasteiger partial charge in [0.15, 0.2) is 5.78 Å². The maximum absolute atomic E-state index is 12.8. The molecule has 1 amide bonds. The van der Waals surface area contributed by atoms with E-state index in [1.807, 2.05) is 0 Å². The summed E-state index contributed by atoms with van der Waals surface area (Å²) in [5.74, 6) is -0.901. The average molecular weight is 323 g/mol. The number of hydrogen-bond donors (Lipinski definition) is 2. The minimum atomic E-state index is -0.665. The molecule has 7 heteroatoms. The zero-order valence-corrected chi connectivity index (χ0v) is 12.4. The lowest BCUT2D eigenvalue weighted by molar-refractivity contribution is -0.122. The van der Waals surface area contributed by atoms with E-state index in [9.17, 15) is 19.1 Å². The third kappa shape index (κ3) is 3.57. The second-order valence-corrected chi connectivity index (χ2v) is 5.77. The van der Waals surface area contributed by atoms with Crippen molar-refractivity contribution in [1.82, 2.24) is 5.32 Å². The molecule has 1 aromatic rings. The number of ether oxygens (including phenoxy) is 2. The fourth-order valence-electron chi connectivity index (χ4n) is 2.89. The van der Waals surface area contributed by atoms with E-state index in [2.05, 4.69) is 5.32 Å². The van der Waals surface area contributed by atoms with E-state index in [1.165, 1.54) is 24.3 Å². The predicted octanol–water partition coefficient (Wildman–Crippen LogP) is 0.432. The molecule has 23 heavy (non-hydrogen) atoms. The van der Waals surface area contributed by atoms with E-state index in [0.29, 0.717) is 5.56 Å². The highest BCUT2D eigenvalue weighted by Gasteiger charge is 2.47. The summed E-state index contributed by atoms with van der Waals surface area (Å²) in [7, 11) is 0. The standard InChI is InChI=1S/C16H18FNO5/c17-10-3-1-9(2-4-10)12(19)5-6-14(21)18-11-7-22-16-13(20)8-23-15(11)16/h1-4,11,13,15-16,20H,5-8H2,(H,18,21)/t11-,13-,15-,16-/m1/s1. The van der Waals surface area contributed by atoms with E-state index in [0.717, 1.165) is 0 Å². The summed E-state index contributed by atoms with van der Waals surface area (Å²) in [5, 5.41) is 12.4. The van der Waals surface area contributed by atoms with Crippen LogP contribution in [0.4, 0.5) is 4.39 Å². The molecule has 0 bridgehead atoms. The van der Waals surface area contributed by atoms with Gasteiger partial charge in [-0.2, -0.15) is 0 Å². The Kier molecular flexibility index (Phi) is 4.70. The maximum Gasteiger partial charge on any atom is 0.220 e. The molecule has 1 aromatic carbocycles. The van der Waals surface area contributed by atoms with Crippen LogP contribution in [0.2, 0.25) is 0 Å². The number of nitrogens with one attached hydrogen (secondary N) is 1. The molecule has 2 N–H and O–H groups in total. The first-order chi connectivity index (χ1) is 11.0. The van der Waals surface area contributed by atoms with Crippen LogP contribution in [0.15, 0.2) is 24.3 Å². The highest BCUT2D eigenvalue weighted by atomic mass is 19.1. The average Bonchev–Trinajstić information content (AvgIpc) is 3.10. The lowest BCUT2D eigenvalue weighted by Crippen LogP contribution is -2.44. The molecule has 0 aliphatic carbocycles. The van der Waals surface area contributed by atoms with Crippen LogP contribution in [0, 0.1) is 5.82 Å². The smallest absolute Gasteiger partial charge is 0.220 e. The molecule has 0 unspecified atom stereocenters. The molecule has 0 aromatic heterocycles. The van der Waals surface area contributed by atoms with Crippen LogP contribution in [0.3, 0.4) is 0 Å². The fourth-order valence-corrected chi connectivity index (χ4v) is 2.89. The van der Waals surface area contributed by atoms with Crippen molar-refractivity contribution in [3.05, 3.63) is 35.6 Å². The van der Waals surface area contributed by atoms with Crippen LogP contribution < -0.4 is 5.32 Å². The Hall–Kier alpha value is -1.83. The van der Waals surface area contributed by atoms with Crippen LogP contribution in [-0.2, 0) is 14.3 Å². The van der Waals surface area contributed by atoms with Crippen molar-refractivity contribution in [2.75, 3.05) is 13.2 Å². The van der Waals surface area contributed by atoms with Gasteiger partial charge in [0, 0.05) is 18.4 Å². The molecular formula is C16H18FNO5. The second-order valence-electron chi connectivity index (χ2n) is 5.77. The summed E-state index contributed by atoms with van der Waals surface area (Å²) in [6, 6.07) is 4.92. The number of aliphatic hydroxyl groups is 1. The third-order valence-electron chi connectivity index (χ3n) is 4.12. The highest BCUT2D eigenvalue weighted by Crippen LogP contribution is 2.27. The van der Waals surface area contributed by atoms with E-state index in [4.69, 9.17) is 9.47 Å². The summed E-state index contributed by atoms with van der Waals surface area (Å²) in [4.78, 5) is 23.9. The quantitative estimate of drug-likeness (QED) is 0.768. The van der Waals surface area contributed by atoms with Gasteiger partial charge in [0.05, 0.1) is 19.3 Å². The number of benzene rings is 1. The van der Waals surface area contributed by atoms with E-state index < -0.39 is 18.0 Å². The van der Waals surface area contributed by atoms with E-state index in [1.54, 1.807) is 0 Å². The van der Waals surface area contributed by atoms with Crippen molar-refractivity contribution in [3.8, 4) is 0 Å². The van der Waals surface area contributed by atoms with Gasteiger partial charge in [-0.05, 0) is 24.3 Å². The molecule has 0 saturated carbocycles. The number of aliphatic hydroxyl groups excluding tert-OH is 1. The molecule has 4 atom stereocenters. The lowest BCUT2D eigenvalue weighted by Gasteiger charge is -2.17. The largest absolute Gasteiger partial charge is 0.388 e. The third-order valence-corrected chi connectivity index (χ3v) is 4.12. The normalized spacial score (nSPS) is 29.3. The molecule has 6 nitrogen and oxygen atoms in total. The number of amides is 1. The van der Waals surface area contributed by atoms with Crippen LogP contribution in [0.1, 0.15) is 23.2 Å². The summed E-state index contributed by atoms with van der Waals surface area (Å²) >= 11 is 0. The van der Waals surface area contributed by atoms with E-state index >= 15 is 0 Å². The number of rotatable bonds is 5. The Labute approximate surface area is 132 Å². The molecule has 2 fully saturated rings. The van der Waals surface area contributed by atoms with Crippen LogP contribution in [-0.4, -0.2) is 54.4 Å². The Balaban J connectivity index is 1.46. The molecule has 2 saturated heterocycles. The predicted molar refractivity (Wildman–Crippen MR) is 77.4 cm³/mol. The maximum atomic E-state index is 12.8. The number of carbonyl (C=O) groups excluding carboxylic acids is 2. The van der Waals surface area contributed by atoms with Gasteiger partial charge in [0.25, 0.3) is 0 Å². The monoisotopic (exact) mass is 323 g/mol. The van der Waals surface area contributed by atoms with Crippen molar-refractivity contribution in [2.45, 2.75) is 37.2 Å². The van der Waals surface area contributed by atoms with Crippen LogP contribution in [0.25, 0.3) is 0 Å². The SMILES string of the molecule is O=C(CCC(=O)c1ccc(F)cc1)N[C@@H]1CO[C@H]2[C@@H]1OC[C@H]2O. The van der Waals surface area contributed by atoms with Crippen molar-refractivity contribution in [3.63, 3.8) is 0 Å². The Bertz CT molecular complexity index is 591. The van der Waals surface area contributed by atoms with Crippen molar-refractivity contribution in [2.24, 2.45) is 0 Å². The zero-order valence-electron chi connectivity index (χ0n) is 12.4. The summed E-state index contributed by atoms with van der Waals surface area (Å²) in [6.07, 6.45) is -1.33. The molecular weight excluding hydrogens is 305 g/mol. The minimum absolute atomic E-state index is 0.0344. The number of Topliss-reactive ketones (excluding diaryl/α,β-unsaturated/α-hetero) is 1. The fraction of sp³-hybridized carbons (Fsp3) is 0.500. The number of halogens is 1. The molecule has 0 radical (unpaired) electrons. The van der Waals surface area contributed by atoms with Gasteiger partial charge in [-0.1, -0.05) is 0 Å². The molecule has 124 valence electrons. The summed E-state index contributed by atoms with van der Waals surface area (Å²) in [6.45, 7) is 0.481. The topological polar surface area (TPSA) is 84.9 Å². The number of carbonyl (C=O) groups is 2. The molecule has 0 spiro atoms. The number of hydrogen-bond acceptors (Lipinski definition) is 5. The highest BCUT2D eigenvalue weighted by molar-refractivity contribution is 5.97. The zero-order chi connectivity index (χ0) is 16.4. The van der Waals surface area contributed by atoms with Gasteiger partial charge < -0.3 is 19.9 Å². The van der Waals surface area contributed by atoms with Crippen molar-refractivity contribution >= 4 is 11.7 Å². The van der Waals surface area contributed by atoms with Crippen LogP contribution >= 0.6 is 0 Å². The van der Waals surface area contributed by atoms with Gasteiger partial charge in [-0.15, -0.1) is 0 Å². The lowest BCUT2D eigenvalue weighted by atomic mass is 10.1. The van der Waals surface area contributed by atoms with Crippen molar-refractivity contribution in [1.29, 1.82) is 0 Å². The van der Waals surface area contributed by atoms with E-state index in [-0.39, 0.29) is 49.9 Å². The van der Waals surface area contributed by atoms with Gasteiger partial charge in [0.1, 0.15) is 24.1 Å². The number of ketones is 1. The summed E-state index contributed by atoms with van der Waals surface area (Å²) in [5.41, 5.74) is 0.380. The first-order valence-corrected chi connectivity index (χ1v) is 7.54. The Morgan fingerprint density at radius 2 is 1.83 bits per heavy atom. The first-order valence-electron chi connectivity index (χ1n) is 7.54. The summed E-state index contributed by atoms with van der Waals surface area (Å²) < 4.78 is 23.6. The molecule has 2 aliphatic rings. The Morgan fingerprint density at radius 1 is 1.13 bits per heavy atom. The van der Waals surface area contributed by atoms with Gasteiger partial charge in [-0.3, -0.25) is 9.59 Å². The number of fused-ring (bicyclic) bond motifs is 1. The van der Waals surface area contributed by atoms with Gasteiger partial charge in [-0.25, -0.2) is 4.39 Å². The first kappa shape index (κ1) is 16.0. The van der Waals surface area contributed by atoms with Gasteiger partial charge in [0.2, 0.25) is 5.91 Å². The molecule has 3 rings (SSSR count). The Morgan fingerprint density at radius 3 is 2.57 bits per heavy atom. The second kappa shape index (κ2) is 6.74.